The van der Waals surface area contributed by atoms with E-state index < -0.39 is 38.1 Å². The monoisotopic (exact) mass is 623 g/mol. The van der Waals surface area contributed by atoms with Crippen LogP contribution in [0.4, 0.5) is 30.6 Å². The van der Waals surface area contributed by atoms with Crippen LogP contribution in [0.5, 0.6) is 5.75 Å². The molecule has 1 saturated heterocycles. The number of morpholine rings is 1. The van der Waals surface area contributed by atoms with E-state index in [1.165, 1.54) is 31.6 Å². The number of methoxy groups -OCH3 is 1. The van der Waals surface area contributed by atoms with Gasteiger partial charge in [0.05, 0.1) is 31.6 Å². The van der Waals surface area contributed by atoms with Crippen LogP contribution in [0, 0.1) is 17.5 Å². The van der Waals surface area contributed by atoms with E-state index in [9.17, 15) is 17.2 Å². The molecule has 6 rings (SSSR count). The highest BCUT2D eigenvalue weighted by molar-refractivity contribution is 7.92. The first-order valence-electron chi connectivity index (χ1n) is 13.2. The normalized spacial score (nSPS) is 13.7. The number of nitrogens with zero attached hydrogens (tertiary/aromatic N) is 5. The number of benzene rings is 3. The topological polar surface area (TPSA) is 145 Å². The standard InChI is InChI=1S/C29H24F3N7O4S/c1-42-23-13-16(18-4-2-7-22(24(18)32)38-44(40,41)26-20(30)5-3-6-21(26)31)12-19-25(23)36-27(17-14-34-29(33)35-15-17)37-28(19)39-8-10-43-11-9-39/h2-7,12-15,38H,8-11H2,1H3,(H2,33,34,35). The highest BCUT2D eigenvalue weighted by atomic mass is 32.2. The fraction of sp³-hybridized carbons (Fsp3) is 0.172. The fourth-order valence-electron chi connectivity index (χ4n) is 4.86. The number of aromatic nitrogens is 4. The summed E-state index contributed by atoms with van der Waals surface area (Å²) in [5.41, 5.74) is 6.38. The molecule has 15 heteroatoms. The van der Waals surface area contributed by atoms with Crippen molar-refractivity contribution in [3.05, 3.63) is 78.4 Å². The lowest BCUT2D eigenvalue weighted by atomic mass is 10.0. The van der Waals surface area contributed by atoms with Gasteiger partial charge in [0.25, 0.3) is 10.0 Å². The molecule has 3 N–H and O–H groups in total. The molecule has 0 aliphatic carbocycles. The molecule has 1 aliphatic rings. The molecule has 5 aromatic rings. The molecule has 3 heterocycles. The number of nitrogen functional groups attached to an aromatic ring is 1. The Labute approximate surface area is 249 Å². The van der Waals surface area contributed by atoms with Gasteiger partial charge < -0.3 is 20.1 Å². The van der Waals surface area contributed by atoms with E-state index in [4.69, 9.17) is 25.2 Å². The van der Waals surface area contributed by atoms with Crippen LogP contribution in [0.3, 0.4) is 0 Å². The third-order valence-corrected chi connectivity index (χ3v) is 8.36. The molecule has 11 nitrogen and oxygen atoms in total. The molecule has 0 saturated carbocycles. The number of rotatable bonds is 7. The number of anilines is 3. The quantitative estimate of drug-likeness (QED) is 0.268. The van der Waals surface area contributed by atoms with Gasteiger partial charge in [-0.3, -0.25) is 4.72 Å². The van der Waals surface area contributed by atoms with Crippen molar-refractivity contribution in [2.45, 2.75) is 4.90 Å². The van der Waals surface area contributed by atoms with E-state index in [-0.39, 0.29) is 17.3 Å². The molecule has 0 spiro atoms. The summed E-state index contributed by atoms with van der Waals surface area (Å²) in [4.78, 5) is 18.4. The molecule has 226 valence electrons. The van der Waals surface area contributed by atoms with E-state index in [0.717, 1.165) is 24.3 Å². The van der Waals surface area contributed by atoms with Crippen molar-refractivity contribution in [3.8, 4) is 28.3 Å². The van der Waals surface area contributed by atoms with Crippen LogP contribution in [0.1, 0.15) is 0 Å². The average Bonchev–Trinajstić information content (AvgIpc) is 3.01. The lowest BCUT2D eigenvalue weighted by Gasteiger charge is -2.29. The smallest absolute Gasteiger partial charge is 0.267 e. The Morgan fingerprint density at radius 2 is 1.64 bits per heavy atom. The molecule has 0 radical (unpaired) electrons. The molecule has 3 aromatic carbocycles. The van der Waals surface area contributed by atoms with Crippen LogP contribution in [0.15, 0.2) is 65.8 Å². The van der Waals surface area contributed by atoms with Crippen LogP contribution in [-0.4, -0.2) is 61.8 Å². The number of hydrogen-bond donors (Lipinski definition) is 2. The molecular formula is C29H24F3N7O4S. The predicted octanol–water partition coefficient (Wildman–Crippen LogP) is 4.40. The van der Waals surface area contributed by atoms with Crippen LogP contribution in [0.2, 0.25) is 0 Å². The molecule has 0 atom stereocenters. The highest BCUT2D eigenvalue weighted by Crippen LogP contribution is 2.39. The SMILES string of the molecule is COc1cc(-c2cccc(NS(=O)(=O)c3c(F)cccc3F)c2F)cc2c(N3CCOCC3)nc(-c3cnc(N)nc3)nc12. The molecule has 1 fully saturated rings. The summed E-state index contributed by atoms with van der Waals surface area (Å²) in [6, 6.07) is 9.84. The lowest BCUT2D eigenvalue weighted by molar-refractivity contribution is 0.122. The number of nitrogens with two attached hydrogens (primary N) is 1. The number of sulfonamides is 1. The summed E-state index contributed by atoms with van der Waals surface area (Å²) in [6.45, 7) is 1.97. The van der Waals surface area contributed by atoms with E-state index in [1.54, 1.807) is 12.1 Å². The lowest BCUT2D eigenvalue weighted by Crippen LogP contribution is -2.37. The van der Waals surface area contributed by atoms with Crippen molar-refractivity contribution in [1.82, 2.24) is 19.9 Å². The predicted molar refractivity (Wildman–Crippen MR) is 157 cm³/mol. The number of nitrogens with one attached hydrogen (secondary N) is 1. The number of ether oxygens (including phenoxy) is 2. The van der Waals surface area contributed by atoms with Gasteiger partial charge in [0.1, 0.15) is 28.7 Å². The third-order valence-electron chi connectivity index (χ3n) is 6.95. The summed E-state index contributed by atoms with van der Waals surface area (Å²) in [6.07, 6.45) is 3.01. The van der Waals surface area contributed by atoms with Gasteiger partial charge in [0.15, 0.2) is 16.5 Å². The van der Waals surface area contributed by atoms with Gasteiger partial charge in [-0.25, -0.2) is 41.5 Å². The molecule has 1 aliphatic heterocycles. The van der Waals surface area contributed by atoms with Crippen molar-refractivity contribution >= 4 is 38.4 Å². The zero-order valence-corrected chi connectivity index (χ0v) is 23.9. The van der Waals surface area contributed by atoms with Crippen molar-refractivity contribution in [1.29, 1.82) is 0 Å². The second-order valence-corrected chi connectivity index (χ2v) is 11.3. The Morgan fingerprint density at radius 3 is 2.32 bits per heavy atom. The summed E-state index contributed by atoms with van der Waals surface area (Å²) in [5, 5.41) is 0.528. The van der Waals surface area contributed by atoms with E-state index >= 15 is 4.39 Å². The zero-order valence-electron chi connectivity index (χ0n) is 23.1. The van der Waals surface area contributed by atoms with Crippen molar-refractivity contribution in [2.24, 2.45) is 0 Å². The fourth-order valence-corrected chi connectivity index (χ4v) is 6.06. The Kier molecular flexibility index (Phi) is 7.65. The Balaban J connectivity index is 1.49. The summed E-state index contributed by atoms with van der Waals surface area (Å²) in [5.74, 6) is -2.38. The van der Waals surface area contributed by atoms with Gasteiger partial charge in [-0.15, -0.1) is 0 Å². The third kappa shape index (κ3) is 5.42. The van der Waals surface area contributed by atoms with E-state index in [0.29, 0.717) is 60.0 Å². The zero-order chi connectivity index (χ0) is 31.0. The van der Waals surface area contributed by atoms with Crippen LogP contribution < -0.4 is 20.1 Å². The first kappa shape index (κ1) is 29.1. The largest absolute Gasteiger partial charge is 0.494 e. The number of halogens is 3. The van der Waals surface area contributed by atoms with Crippen LogP contribution in [0.25, 0.3) is 33.4 Å². The Morgan fingerprint density at radius 1 is 0.955 bits per heavy atom. The minimum absolute atomic E-state index is 0.0108. The Hall–Kier alpha value is -5.02. The molecular weight excluding hydrogens is 599 g/mol. The van der Waals surface area contributed by atoms with Crippen molar-refractivity contribution in [3.63, 3.8) is 0 Å². The first-order chi connectivity index (χ1) is 21.2. The molecule has 0 bridgehead atoms. The van der Waals surface area contributed by atoms with E-state index in [2.05, 4.69) is 9.97 Å². The van der Waals surface area contributed by atoms with Gasteiger partial charge in [0, 0.05) is 36.4 Å². The van der Waals surface area contributed by atoms with Gasteiger partial charge in [-0.05, 0) is 35.9 Å². The van der Waals surface area contributed by atoms with Gasteiger partial charge in [-0.2, -0.15) is 0 Å². The highest BCUT2D eigenvalue weighted by Gasteiger charge is 2.27. The second kappa shape index (κ2) is 11.6. The molecule has 2 aromatic heterocycles. The minimum Gasteiger partial charge on any atom is -0.494 e. The summed E-state index contributed by atoms with van der Waals surface area (Å²) < 4.78 is 83.4. The maximum atomic E-state index is 16.0. The maximum absolute atomic E-state index is 16.0. The second-order valence-electron chi connectivity index (χ2n) is 9.70. The molecule has 44 heavy (non-hydrogen) atoms. The van der Waals surface area contributed by atoms with Crippen molar-refractivity contribution < 1.29 is 31.1 Å². The summed E-state index contributed by atoms with van der Waals surface area (Å²) >= 11 is 0. The summed E-state index contributed by atoms with van der Waals surface area (Å²) in [7, 11) is -3.38. The maximum Gasteiger partial charge on any atom is 0.267 e. The number of fused-ring (bicyclic) bond motifs is 1. The van der Waals surface area contributed by atoms with Crippen LogP contribution >= 0.6 is 0 Å². The molecule has 0 amide bonds. The van der Waals surface area contributed by atoms with Gasteiger partial charge >= 0.3 is 0 Å². The van der Waals surface area contributed by atoms with Gasteiger partial charge in [-0.1, -0.05) is 18.2 Å². The molecule has 0 unspecified atom stereocenters. The Bertz CT molecular complexity index is 1970. The first-order valence-corrected chi connectivity index (χ1v) is 14.7. The minimum atomic E-state index is -4.82. The van der Waals surface area contributed by atoms with E-state index in [1.807, 2.05) is 9.62 Å². The van der Waals surface area contributed by atoms with Gasteiger partial charge in [0.2, 0.25) is 5.95 Å². The van der Waals surface area contributed by atoms with Crippen LogP contribution in [-0.2, 0) is 14.8 Å². The average molecular weight is 624 g/mol. The number of hydrogen-bond acceptors (Lipinski definition) is 10. The van der Waals surface area contributed by atoms with Crippen molar-refractivity contribution in [2.75, 3.05) is 48.8 Å².